The zero-order valence-corrected chi connectivity index (χ0v) is 15.0. The first-order chi connectivity index (χ1) is 11.1. The Kier molecular flexibility index (Phi) is 6.40. The Morgan fingerprint density at radius 3 is 2.78 bits per heavy atom. The minimum absolute atomic E-state index is 0.666. The van der Waals surface area contributed by atoms with E-state index in [1.807, 2.05) is 12.3 Å². The average molecular weight is 332 g/mol. The van der Waals surface area contributed by atoms with Gasteiger partial charge in [0.05, 0.1) is 12.1 Å². The molecule has 0 aliphatic heterocycles. The molecule has 0 aliphatic carbocycles. The highest BCUT2D eigenvalue weighted by Crippen LogP contribution is 2.19. The molecule has 0 saturated heterocycles. The highest BCUT2D eigenvalue weighted by atomic mass is 32.1. The first-order valence-corrected chi connectivity index (χ1v) is 8.43. The summed E-state index contributed by atoms with van der Waals surface area (Å²) in [6.45, 7) is 5.60. The second kappa shape index (κ2) is 8.53. The highest BCUT2D eigenvalue weighted by Gasteiger charge is 2.05. The molecule has 2 N–H and O–H groups in total. The van der Waals surface area contributed by atoms with Crippen LogP contribution in [0.25, 0.3) is 0 Å². The van der Waals surface area contributed by atoms with Crippen molar-refractivity contribution in [3.8, 4) is 5.75 Å². The third-order valence-corrected chi connectivity index (χ3v) is 4.39. The van der Waals surface area contributed by atoms with Crippen molar-refractivity contribution in [2.75, 3.05) is 20.7 Å². The van der Waals surface area contributed by atoms with Gasteiger partial charge in [0, 0.05) is 43.2 Å². The van der Waals surface area contributed by atoms with E-state index in [-0.39, 0.29) is 0 Å². The predicted octanol–water partition coefficient (Wildman–Crippen LogP) is 2.68. The maximum Gasteiger partial charge on any atom is 0.191 e. The summed E-state index contributed by atoms with van der Waals surface area (Å²) in [6, 6.07) is 6.20. The van der Waals surface area contributed by atoms with Crippen LogP contribution in [0.15, 0.2) is 29.4 Å². The minimum atomic E-state index is 0.666. The number of ether oxygens (including phenoxy) is 1. The number of hydrogen-bond donors (Lipinski definition) is 2. The molecule has 0 saturated carbocycles. The van der Waals surface area contributed by atoms with Crippen LogP contribution in [0.1, 0.15) is 21.0 Å². The lowest BCUT2D eigenvalue weighted by Crippen LogP contribution is -2.37. The molecular formula is C17H24N4OS. The summed E-state index contributed by atoms with van der Waals surface area (Å²) >= 11 is 1.74. The number of methoxy groups -OCH3 is 1. The first kappa shape index (κ1) is 17.3. The van der Waals surface area contributed by atoms with E-state index in [4.69, 9.17) is 4.74 Å². The second-order valence-electron chi connectivity index (χ2n) is 5.28. The van der Waals surface area contributed by atoms with Gasteiger partial charge >= 0.3 is 0 Å². The van der Waals surface area contributed by atoms with Crippen molar-refractivity contribution in [2.24, 2.45) is 4.99 Å². The first-order valence-electron chi connectivity index (χ1n) is 7.61. The van der Waals surface area contributed by atoms with Crippen molar-refractivity contribution in [3.05, 3.63) is 45.4 Å². The number of rotatable bonds is 6. The van der Waals surface area contributed by atoms with Gasteiger partial charge < -0.3 is 15.4 Å². The Hall–Kier alpha value is -2.08. The zero-order valence-electron chi connectivity index (χ0n) is 14.1. The van der Waals surface area contributed by atoms with Gasteiger partial charge in [-0.15, -0.1) is 11.3 Å². The van der Waals surface area contributed by atoms with Crippen LogP contribution >= 0.6 is 11.3 Å². The maximum atomic E-state index is 5.43. The molecule has 0 radical (unpaired) electrons. The molecule has 0 fully saturated rings. The number of benzene rings is 1. The van der Waals surface area contributed by atoms with Crippen molar-refractivity contribution in [1.82, 2.24) is 15.6 Å². The number of guanidine groups is 1. The normalized spacial score (nSPS) is 11.4. The summed E-state index contributed by atoms with van der Waals surface area (Å²) in [5.41, 5.74) is 2.29. The van der Waals surface area contributed by atoms with E-state index in [0.717, 1.165) is 35.2 Å². The largest absolute Gasteiger partial charge is 0.496 e. The van der Waals surface area contributed by atoms with Gasteiger partial charge in [0.1, 0.15) is 5.75 Å². The van der Waals surface area contributed by atoms with E-state index in [2.05, 4.69) is 46.6 Å². The number of aryl methyl sites for hydroxylation is 2. The molecule has 0 bridgehead atoms. The summed E-state index contributed by atoms with van der Waals surface area (Å²) in [6.07, 6.45) is 2.81. The van der Waals surface area contributed by atoms with Crippen molar-refractivity contribution in [1.29, 1.82) is 0 Å². The van der Waals surface area contributed by atoms with E-state index in [0.29, 0.717) is 6.54 Å². The van der Waals surface area contributed by atoms with Crippen LogP contribution in [0.4, 0.5) is 0 Å². The Bertz CT molecular complexity index is 666. The fourth-order valence-electron chi connectivity index (χ4n) is 2.20. The highest BCUT2D eigenvalue weighted by molar-refractivity contribution is 7.11. The fourth-order valence-corrected chi connectivity index (χ4v) is 2.99. The molecule has 0 amide bonds. The Balaban J connectivity index is 1.83. The van der Waals surface area contributed by atoms with Gasteiger partial charge in [-0.2, -0.15) is 0 Å². The molecule has 23 heavy (non-hydrogen) atoms. The summed E-state index contributed by atoms with van der Waals surface area (Å²) in [7, 11) is 3.47. The summed E-state index contributed by atoms with van der Waals surface area (Å²) < 4.78 is 5.43. The topological polar surface area (TPSA) is 58.5 Å². The molecule has 1 aromatic heterocycles. The number of hydrogen-bond acceptors (Lipinski definition) is 4. The Morgan fingerprint density at radius 2 is 2.13 bits per heavy atom. The molecular weight excluding hydrogens is 308 g/mol. The van der Waals surface area contributed by atoms with Crippen LogP contribution in [-0.2, 0) is 13.0 Å². The van der Waals surface area contributed by atoms with Crippen LogP contribution in [0, 0.1) is 13.8 Å². The van der Waals surface area contributed by atoms with Crippen LogP contribution in [-0.4, -0.2) is 31.6 Å². The lowest BCUT2D eigenvalue weighted by Gasteiger charge is -2.14. The van der Waals surface area contributed by atoms with Crippen LogP contribution in [0.5, 0.6) is 5.75 Å². The van der Waals surface area contributed by atoms with Crippen LogP contribution < -0.4 is 15.4 Å². The van der Waals surface area contributed by atoms with E-state index in [1.54, 1.807) is 25.5 Å². The van der Waals surface area contributed by atoms with E-state index < -0.39 is 0 Å². The van der Waals surface area contributed by atoms with Gasteiger partial charge in [-0.3, -0.25) is 4.99 Å². The maximum absolute atomic E-state index is 5.43. The second-order valence-corrected chi connectivity index (χ2v) is 6.60. The molecule has 2 aromatic rings. The van der Waals surface area contributed by atoms with E-state index in [1.165, 1.54) is 10.4 Å². The van der Waals surface area contributed by atoms with Crippen LogP contribution in [0.2, 0.25) is 0 Å². The van der Waals surface area contributed by atoms with Gasteiger partial charge in [-0.1, -0.05) is 12.1 Å². The zero-order chi connectivity index (χ0) is 16.7. The molecule has 6 heteroatoms. The predicted molar refractivity (Wildman–Crippen MR) is 96.5 cm³/mol. The lowest BCUT2D eigenvalue weighted by atomic mass is 10.1. The van der Waals surface area contributed by atoms with Gasteiger partial charge in [-0.05, 0) is 25.5 Å². The van der Waals surface area contributed by atoms with Crippen LogP contribution in [0.3, 0.4) is 0 Å². The Labute approximate surface area is 141 Å². The quantitative estimate of drug-likeness (QED) is 0.631. The number of aromatic nitrogens is 1. The number of thiazole rings is 1. The van der Waals surface area contributed by atoms with E-state index in [9.17, 15) is 0 Å². The summed E-state index contributed by atoms with van der Waals surface area (Å²) in [5, 5.41) is 7.77. The van der Waals surface area contributed by atoms with Gasteiger partial charge in [0.2, 0.25) is 0 Å². The van der Waals surface area contributed by atoms with Crippen molar-refractivity contribution < 1.29 is 4.74 Å². The lowest BCUT2D eigenvalue weighted by molar-refractivity contribution is 0.408. The molecule has 2 rings (SSSR count). The van der Waals surface area contributed by atoms with Gasteiger partial charge in [0.15, 0.2) is 5.96 Å². The molecule has 124 valence electrons. The van der Waals surface area contributed by atoms with Gasteiger partial charge in [0.25, 0.3) is 0 Å². The molecule has 1 aromatic carbocycles. The smallest absolute Gasteiger partial charge is 0.191 e. The average Bonchev–Trinajstić information content (AvgIpc) is 2.96. The van der Waals surface area contributed by atoms with Crippen molar-refractivity contribution in [2.45, 2.75) is 26.8 Å². The molecule has 0 aliphatic rings. The number of nitrogens with one attached hydrogen (secondary N) is 2. The third kappa shape index (κ3) is 5.25. The molecule has 5 nitrogen and oxygen atoms in total. The Morgan fingerprint density at radius 1 is 1.30 bits per heavy atom. The summed E-state index contributed by atoms with van der Waals surface area (Å²) in [5.74, 6) is 1.67. The molecule has 1 heterocycles. The summed E-state index contributed by atoms with van der Waals surface area (Å²) in [4.78, 5) is 9.86. The molecule has 0 atom stereocenters. The number of aliphatic imine (C=N–C) groups is 1. The minimum Gasteiger partial charge on any atom is -0.496 e. The monoisotopic (exact) mass is 332 g/mol. The SMILES string of the molecule is CN=C(NCCc1ncc(C)s1)NCc1ccc(C)cc1OC. The van der Waals surface area contributed by atoms with Gasteiger partial charge in [-0.25, -0.2) is 4.98 Å². The standard InChI is InChI=1S/C17H24N4OS/c1-12-5-6-14(15(9-12)22-4)11-21-17(18-3)19-8-7-16-20-10-13(2)23-16/h5-6,9-10H,7-8,11H2,1-4H3,(H2,18,19,21). The van der Waals surface area contributed by atoms with Crippen molar-refractivity contribution >= 4 is 17.3 Å². The molecule has 0 spiro atoms. The molecule has 0 unspecified atom stereocenters. The van der Waals surface area contributed by atoms with E-state index >= 15 is 0 Å². The number of nitrogens with zero attached hydrogens (tertiary/aromatic N) is 2. The third-order valence-electron chi connectivity index (χ3n) is 3.41. The fraction of sp³-hybridized carbons (Fsp3) is 0.412. The van der Waals surface area contributed by atoms with Crippen molar-refractivity contribution in [3.63, 3.8) is 0 Å².